The van der Waals surface area contributed by atoms with Crippen molar-refractivity contribution < 1.29 is 9.59 Å². The summed E-state index contributed by atoms with van der Waals surface area (Å²) in [5.74, 6) is -1.22. The second kappa shape index (κ2) is 5.74. The van der Waals surface area contributed by atoms with Gasteiger partial charge in [0.2, 0.25) is 5.91 Å². The quantitative estimate of drug-likeness (QED) is 0.566. The van der Waals surface area contributed by atoms with Crippen LogP contribution in [0.25, 0.3) is 16.5 Å². The Morgan fingerprint density at radius 3 is 2.83 bits per heavy atom. The SMILES string of the molecule is N#CC1=C2c3[nH]c4ccc(Cl)cc4c3CCC2(C2C(=O)Nc3ccccc32)NC1=O. The van der Waals surface area contributed by atoms with E-state index in [4.69, 9.17) is 11.6 Å². The molecule has 2 amide bonds. The number of fused-ring (bicyclic) bond motifs is 6. The molecule has 2 aromatic carbocycles. The third-order valence-electron chi connectivity index (χ3n) is 6.54. The second-order valence-electron chi connectivity index (χ2n) is 7.97. The minimum absolute atomic E-state index is 0.0609. The minimum atomic E-state index is -0.976. The Morgan fingerprint density at radius 2 is 2.00 bits per heavy atom. The highest BCUT2D eigenvalue weighted by atomic mass is 35.5. The molecule has 3 aromatic rings. The first kappa shape index (κ1) is 17.3. The summed E-state index contributed by atoms with van der Waals surface area (Å²) in [6, 6.07) is 15.2. The predicted molar refractivity (Wildman–Crippen MR) is 113 cm³/mol. The molecule has 0 radical (unpaired) electrons. The number of amides is 2. The number of nitrogens with one attached hydrogen (secondary N) is 3. The smallest absolute Gasteiger partial charge is 0.263 e. The average Bonchev–Trinajstić information content (AvgIpc) is 3.35. The van der Waals surface area contributed by atoms with E-state index in [9.17, 15) is 14.9 Å². The minimum Gasteiger partial charge on any atom is -0.354 e. The zero-order valence-electron chi connectivity index (χ0n) is 15.7. The molecule has 6 nitrogen and oxygen atoms in total. The Hall–Kier alpha value is -3.56. The van der Waals surface area contributed by atoms with Gasteiger partial charge in [-0.3, -0.25) is 9.59 Å². The second-order valence-corrected chi connectivity index (χ2v) is 8.40. The van der Waals surface area contributed by atoms with Crippen molar-refractivity contribution in [1.29, 1.82) is 5.26 Å². The number of aromatic nitrogens is 1. The Bertz CT molecular complexity index is 1380. The molecule has 6 rings (SSSR count). The Kier molecular flexibility index (Phi) is 3.31. The molecule has 7 heteroatoms. The van der Waals surface area contributed by atoms with Crippen molar-refractivity contribution >= 4 is 45.6 Å². The lowest BCUT2D eigenvalue weighted by Gasteiger charge is -2.40. The topological polar surface area (TPSA) is 97.8 Å². The van der Waals surface area contributed by atoms with Gasteiger partial charge < -0.3 is 15.6 Å². The number of nitrogens with zero attached hydrogens (tertiary/aromatic N) is 1. The maximum Gasteiger partial charge on any atom is 0.263 e. The summed E-state index contributed by atoms with van der Waals surface area (Å²) in [6.07, 6.45) is 1.16. The summed E-state index contributed by atoms with van der Waals surface area (Å²) in [5, 5.41) is 17.4. The van der Waals surface area contributed by atoms with Gasteiger partial charge in [-0.05, 0) is 48.2 Å². The summed E-state index contributed by atoms with van der Waals surface area (Å²) in [6.45, 7) is 0. The lowest BCUT2D eigenvalue weighted by Crippen LogP contribution is -2.52. The summed E-state index contributed by atoms with van der Waals surface area (Å²) in [4.78, 5) is 29.4. The first-order chi connectivity index (χ1) is 14.5. The number of carbonyl (C=O) groups excluding carboxylic acids is 2. The van der Waals surface area contributed by atoms with Crippen LogP contribution >= 0.6 is 11.6 Å². The van der Waals surface area contributed by atoms with Gasteiger partial charge in [0.05, 0.1) is 11.5 Å². The van der Waals surface area contributed by atoms with Crippen molar-refractivity contribution in [2.24, 2.45) is 0 Å². The van der Waals surface area contributed by atoms with Crippen molar-refractivity contribution in [3.05, 3.63) is 69.9 Å². The molecule has 30 heavy (non-hydrogen) atoms. The third kappa shape index (κ3) is 2.02. The largest absolute Gasteiger partial charge is 0.354 e. The van der Waals surface area contributed by atoms with Gasteiger partial charge in [0.25, 0.3) is 5.91 Å². The Balaban J connectivity index is 1.65. The van der Waals surface area contributed by atoms with Crippen LogP contribution in [-0.4, -0.2) is 22.3 Å². The number of hydrogen-bond acceptors (Lipinski definition) is 3. The van der Waals surface area contributed by atoms with Gasteiger partial charge in [0, 0.05) is 32.9 Å². The highest BCUT2D eigenvalue weighted by Gasteiger charge is 2.58. The number of rotatable bonds is 1. The van der Waals surface area contributed by atoms with Crippen LogP contribution in [0.15, 0.2) is 48.0 Å². The first-order valence-electron chi connectivity index (χ1n) is 9.71. The van der Waals surface area contributed by atoms with Crippen molar-refractivity contribution in [1.82, 2.24) is 10.3 Å². The molecule has 0 saturated carbocycles. The Labute approximate surface area is 176 Å². The molecule has 2 unspecified atom stereocenters. The average molecular weight is 415 g/mol. The number of anilines is 1. The van der Waals surface area contributed by atoms with Crippen LogP contribution in [0.2, 0.25) is 5.02 Å². The van der Waals surface area contributed by atoms with E-state index >= 15 is 0 Å². The van der Waals surface area contributed by atoms with Crippen LogP contribution in [-0.2, 0) is 16.0 Å². The van der Waals surface area contributed by atoms with Crippen LogP contribution in [0.4, 0.5) is 5.69 Å². The van der Waals surface area contributed by atoms with Crippen LogP contribution in [0, 0.1) is 11.3 Å². The van der Waals surface area contributed by atoms with Gasteiger partial charge in [-0.15, -0.1) is 0 Å². The third-order valence-corrected chi connectivity index (χ3v) is 6.78. The predicted octanol–water partition coefficient (Wildman–Crippen LogP) is 3.65. The molecule has 0 fully saturated rings. The molecule has 2 atom stereocenters. The Morgan fingerprint density at radius 1 is 1.17 bits per heavy atom. The van der Waals surface area contributed by atoms with Crippen molar-refractivity contribution in [3.63, 3.8) is 0 Å². The van der Waals surface area contributed by atoms with Gasteiger partial charge in [0.15, 0.2) is 0 Å². The van der Waals surface area contributed by atoms with E-state index in [0.29, 0.717) is 23.4 Å². The lowest BCUT2D eigenvalue weighted by molar-refractivity contribution is -0.120. The number of para-hydroxylation sites is 1. The van der Waals surface area contributed by atoms with Gasteiger partial charge in [-0.2, -0.15) is 5.26 Å². The lowest BCUT2D eigenvalue weighted by atomic mass is 9.67. The standard InChI is InChI=1S/C23H15ClN4O2/c24-11-5-6-17-14(9-11)12-7-8-23(18(20(12)26-17)15(10-25)21(29)28-23)19-13-3-1-2-4-16(13)27-22(19)30/h1-6,9,19,26H,7-8H2,(H,27,30)(H,28,29). The molecular weight excluding hydrogens is 400 g/mol. The molecule has 146 valence electrons. The number of halogens is 1. The molecular formula is C23H15ClN4O2. The fraction of sp³-hybridized carbons (Fsp3) is 0.174. The molecule has 3 N–H and O–H groups in total. The van der Waals surface area contributed by atoms with Gasteiger partial charge in [-0.25, -0.2) is 0 Å². The summed E-state index contributed by atoms with van der Waals surface area (Å²) < 4.78 is 0. The number of H-pyrrole nitrogens is 1. The molecule has 3 heterocycles. The monoisotopic (exact) mass is 414 g/mol. The van der Waals surface area contributed by atoms with Crippen LogP contribution in [0.5, 0.6) is 0 Å². The van der Waals surface area contributed by atoms with Gasteiger partial charge in [0.1, 0.15) is 11.6 Å². The highest BCUT2D eigenvalue weighted by Crippen LogP contribution is 2.54. The van der Waals surface area contributed by atoms with E-state index in [0.717, 1.165) is 33.4 Å². The first-order valence-corrected chi connectivity index (χ1v) is 10.1. The molecule has 1 aliphatic carbocycles. The van der Waals surface area contributed by atoms with Crippen LogP contribution < -0.4 is 10.6 Å². The number of benzene rings is 2. The fourth-order valence-corrected chi connectivity index (χ4v) is 5.55. The van der Waals surface area contributed by atoms with E-state index in [-0.39, 0.29) is 11.5 Å². The van der Waals surface area contributed by atoms with Crippen molar-refractivity contribution in [3.8, 4) is 6.07 Å². The number of hydrogen-bond donors (Lipinski definition) is 3. The zero-order chi connectivity index (χ0) is 20.6. The van der Waals surface area contributed by atoms with Crippen LogP contribution in [0.1, 0.15) is 29.2 Å². The molecule has 0 bridgehead atoms. The maximum atomic E-state index is 13.1. The van der Waals surface area contributed by atoms with Crippen molar-refractivity contribution in [2.45, 2.75) is 24.3 Å². The fourth-order valence-electron chi connectivity index (χ4n) is 5.38. The van der Waals surface area contributed by atoms with Crippen molar-refractivity contribution in [2.75, 3.05) is 5.32 Å². The molecule has 2 aliphatic heterocycles. The zero-order valence-corrected chi connectivity index (χ0v) is 16.4. The van der Waals surface area contributed by atoms with E-state index in [2.05, 4.69) is 21.7 Å². The number of nitriles is 1. The van der Waals surface area contributed by atoms with E-state index in [1.807, 2.05) is 36.4 Å². The van der Waals surface area contributed by atoms with Gasteiger partial charge in [-0.1, -0.05) is 29.8 Å². The molecule has 3 aliphatic rings. The molecule has 1 aromatic heterocycles. The van der Waals surface area contributed by atoms with Gasteiger partial charge >= 0.3 is 0 Å². The summed E-state index contributed by atoms with van der Waals surface area (Å²) >= 11 is 6.22. The summed E-state index contributed by atoms with van der Waals surface area (Å²) in [7, 11) is 0. The number of carbonyl (C=O) groups is 2. The maximum absolute atomic E-state index is 13.1. The van der Waals surface area contributed by atoms with Crippen LogP contribution in [0.3, 0.4) is 0 Å². The van der Waals surface area contributed by atoms with E-state index in [1.54, 1.807) is 6.07 Å². The molecule has 0 saturated heterocycles. The number of aryl methyl sites for hydroxylation is 1. The van der Waals surface area contributed by atoms with E-state index < -0.39 is 17.4 Å². The van der Waals surface area contributed by atoms with E-state index in [1.165, 1.54) is 0 Å². The summed E-state index contributed by atoms with van der Waals surface area (Å²) in [5.41, 5.74) is 3.90. The normalized spacial score (nSPS) is 24.2. The molecule has 0 spiro atoms. The highest BCUT2D eigenvalue weighted by molar-refractivity contribution is 6.31. The number of aromatic amines is 1.